The fraction of sp³-hybridized carbons (Fsp3) is 0.353. The highest BCUT2D eigenvalue weighted by atomic mass is 79.9. The zero-order chi connectivity index (χ0) is 17.6. The first kappa shape index (κ1) is 16.3. The van der Waals surface area contributed by atoms with Crippen LogP contribution in [0.4, 0.5) is 0 Å². The van der Waals surface area contributed by atoms with E-state index in [1.165, 1.54) is 6.92 Å². The molecule has 1 fully saturated rings. The first-order valence-corrected chi connectivity index (χ1v) is 8.89. The summed E-state index contributed by atoms with van der Waals surface area (Å²) in [6, 6.07) is 5.74. The number of carbonyl (C=O) groups is 1. The molecule has 2 aromatic heterocycles. The summed E-state index contributed by atoms with van der Waals surface area (Å²) >= 11 is 3.44. The summed E-state index contributed by atoms with van der Waals surface area (Å²) in [6.45, 7) is 3.66. The SMILES string of the molecule is CC(=O)N[C@@H]1CCN(Cc2nc3c(oc4ccc(Br)cc43)c(=O)[nH]2)C1. The Hall–Kier alpha value is -2.19. The van der Waals surface area contributed by atoms with Crippen LogP contribution in [0.5, 0.6) is 0 Å². The summed E-state index contributed by atoms with van der Waals surface area (Å²) < 4.78 is 6.54. The Kier molecular flexibility index (Phi) is 4.09. The standard InChI is InChI=1S/C17H17BrN4O3/c1-9(23)19-11-4-5-22(7-11)8-14-20-15-12-6-10(18)2-3-13(12)25-16(15)17(24)21-14/h2-3,6,11H,4-5,7-8H2,1H3,(H,19,23)(H,20,21,24)/t11-/m1/s1. The normalized spacial score (nSPS) is 18.2. The van der Waals surface area contributed by atoms with Crippen LogP contribution in [0.15, 0.2) is 31.9 Å². The van der Waals surface area contributed by atoms with Crippen LogP contribution < -0.4 is 10.9 Å². The Morgan fingerprint density at radius 1 is 1.52 bits per heavy atom. The number of furan rings is 1. The van der Waals surface area contributed by atoms with Crippen LogP contribution in [0.3, 0.4) is 0 Å². The lowest BCUT2D eigenvalue weighted by molar-refractivity contribution is -0.119. The molecule has 130 valence electrons. The maximum absolute atomic E-state index is 12.4. The zero-order valence-electron chi connectivity index (χ0n) is 13.6. The highest BCUT2D eigenvalue weighted by Crippen LogP contribution is 2.28. The molecule has 1 amide bonds. The third kappa shape index (κ3) is 3.19. The van der Waals surface area contributed by atoms with E-state index in [9.17, 15) is 9.59 Å². The molecule has 3 heterocycles. The van der Waals surface area contributed by atoms with Crippen molar-refractivity contribution in [2.24, 2.45) is 0 Å². The van der Waals surface area contributed by atoms with Gasteiger partial charge in [0.2, 0.25) is 11.5 Å². The Labute approximate surface area is 151 Å². The summed E-state index contributed by atoms with van der Waals surface area (Å²) in [7, 11) is 0. The number of halogens is 1. The number of nitrogens with one attached hydrogen (secondary N) is 2. The number of fused-ring (bicyclic) bond motifs is 3. The Balaban J connectivity index is 1.64. The number of hydrogen-bond acceptors (Lipinski definition) is 5. The summed E-state index contributed by atoms with van der Waals surface area (Å²) in [4.78, 5) is 33.1. The molecular formula is C17H17BrN4O3. The van der Waals surface area contributed by atoms with Gasteiger partial charge in [-0.1, -0.05) is 15.9 Å². The van der Waals surface area contributed by atoms with Crippen molar-refractivity contribution in [2.45, 2.75) is 25.9 Å². The van der Waals surface area contributed by atoms with Crippen molar-refractivity contribution in [1.29, 1.82) is 0 Å². The first-order valence-electron chi connectivity index (χ1n) is 8.10. The molecule has 1 saturated heterocycles. The van der Waals surface area contributed by atoms with E-state index in [4.69, 9.17) is 4.42 Å². The van der Waals surface area contributed by atoms with E-state index in [0.29, 0.717) is 23.5 Å². The van der Waals surface area contributed by atoms with E-state index in [1.807, 2.05) is 18.2 Å². The van der Waals surface area contributed by atoms with Crippen molar-refractivity contribution >= 4 is 43.9 Å². The molecular weight excluding hydrogens is 388 g/mol. The molecule has 25 heavy (non-hydrogen) atoms. The van der Waals surface area contributed by atoms with Crippen LogP contribution in [0.2, 0.25) is 0 Å². The minimum Gasteiger partial charge on any atom is -0.449 e. The monoisotopic (exact) mass is 404 g/mol. The first-order chi connectivity index (χ1) is 12.0. The molecule has 0 spiro atoms. The van der Waals surface area contributed by atoms with Crippen LogP contribution in [-0.2, 0) is 11.3 Å². The van der Waals surface area contributed by atoms with Crippen molar-refractivity contribution in [3.8, 4) is 0 Å². The summed E-state index contributed by atoms with van der Waals surface area (Å²) in [6.07, 6.45) is 0.896. The van der Waals surface area contributed by atoms with Crippen molar-refractivity contribution in [2.75, 3.05) is 13.1 Å². The highest BCUT2D eigenvalue weighted by molar-refractivity contribution is 9.10. The Morgan fingerprint density at radius 2 is 2.36 bits per heavy atom. The molecule has 0 saturated carbocycles. The van der Waals surface area contributed by atoms with Gasteiger partial charge in [-0.2, -0.15) is 0 Å². The van der Waals surface area contributed by atoms with Gasteiger partial charge in [-0.15, -0.1) is 0 Å². The molecule has 1 aliphatic heterocycles. The number of carbonyl (C=O) groups excluding carboxylic acids is 1. The van der Waals surface area contributed by atoms with E-state index in [-0.39, 0.29) is 23.1 Å². The second kappa shape index (κ2) is 6.27. The number of amides is 1. The van der Waals surface area contributed by atoms with Crippen LogP contribution in [-0.4, -0.2) is 39.9 Å². The number of benzene rings is 1. The summed E-state index contributed by atoms with van der Waals surface area (Å²) in [5, 5.41) is 3.75. The average molecular weight is 405 g/mol. The van der Waals surface area contributed by atoms with Crippen LogP contribution >= 0.6 is 15.9 Å². The van der Waals surface area contributed by atoms with Crippen LogP contribution in [0, 0.1) is 0 Å². The lowest BCUT2D eigenvalue weighted by atomic mass is 10.2. The maximum atomic E-state index is 12.4. The molecule has 1 aromatic carbocycles. The number of aromatic nitrogens is 2. The molecule has 0 radical (unpaired) electrons. The minimum atomic E-state index is -0.273. The molecule has 8 heteroatoms. The highest BCUT2D eigenvalue weighted by Gasteiger charge is 2.24. The molecule has 3 aromatic rings. The van der Waals surface area contributed by atoms with Gasteiger partial charge in [0.05, 0.1) is 6.54 Å². The van der Waals surface area contributed by atoms with Crippen molar-refractivity contribution < 1.29 is 9.21 Å². The predicted octanol–water partition coefficient (Wildman–Crippen LogP) is 2.14. The molecule has 0 bridgehead atoms. The largest absolute Gasteiger partial charge is 0.449 e. The van der Waals surface area contributed by atoms with Crippen LogP contribution in [0.25, 0.3) is 22.1 Å². The topological polar surface area (TPSA) is 91.2 Å². The minimum absolute atomic E-state index is 0.0183. The van der Waals surface area contributed by atoms with Gasteiger partial charge in [0, 0.05) is 35.9 Å². The molecule has 0 unspecified atom stereocenters. The zero-order valence-corrected chi connectivity index (χ0v) is 15.2. The van der Waals surface area contributed by atoms with E-state index < -0.39 is 0 Å². The number of aromatic amines is 1. The van der Waals surface area contributed by atoms with Gasteiger partial charge in [0.15, 0.2) is 0 Å². The van der Waals surface area contributed by atoms with Gasteiger partial charge in [-0.3, -0.25) is 14.5 Å². The van der Waals surface area contributed by atoms with Crippen LogP contribution in [0.1, 0.15) is 19.2 Å². The smallest absolute Gasteiger partial charge is 0.294 e. The van der Waals surface area contributed by atoms with E-state index in [2.05, 4.69) is 36.1 Å². The Morgan fingerprint density at radius 3 is 3.16 bits per heavy atom. The second-order valence-corrected chi connectivity index (χ2v) is 7.27. The molecule has 0 aliphatic carbocycles. The summed E-state index contributed by atoms with van der Waals surface area (Å²) in [5.74, 6) is 0.582. The van der Waals surface area contributed by atoms with Gasteiger partial charge >= 0.3 is 0 Å². The lowest BCUT2D eigenvalue weighted by Crippen LogP contribution is -2.35. The van der Waals surface area contributed by atoms with Gasteiger partial charge in [0.1, 0.15) is 16.9 Å². The molecule has 7 nitrogen and oxygen atoms in total. The summed E-state index contributed by atoms with van der Waals surface area (Å²) in [5.41, 5.74) is 1.19. The molecule has 1 aliphatic rings. The number of nitrogens with zero attached hydrogens (tertiary/aromatic N) is 2. The maximum Gasteiger partial charge on any atom is 0.294 e. The van der Waals surface area contributed by atoms with Gasteiger partial charge in [0.25, 0.3) is 5.56 Å². The fourth-order valence-corrected chi connectivity index (χ4v) is 3.70. The van der Waals surface area contributed by atoms with E-state index in [0.717, 1.165) is 29.4 Å². The number of likely N-dealkylation sites (tertiary alicyclic amines) is 1. The lowest BCUT2D eigenvalue weighted by Gasteiger charge is -2.15. The van der Waals surface area contributed by atoms with Crippen molar-refractivity contribution in [3.63, 3.8) is 0 Å². The number of H-pyrrole nitrogens is 1. The quantitative estimate of drug-likeness (QED) is 0.697. The number of hydrogen-bond donors (Lipinski definition) is 2. The van der Waals surface area contributed by atoms with Crippen molar-refractivity contribution in [1.82, 2.24) is 20.2 Å². The molecule has 4 rings (SSSR count). The second-order valence-electron chi connectivity index (χ2n) is 6.35. The van der Waals surface area contributed by atoms with Gasteiger partial charge < -0.3 is 14.7 Å². The Bertz CT molecular complexity index is 1030. The molecule has 2 N–H and O–H groups in total. The van der Waals surface area contributed by atoms with E-state index >= 15 is 0 Å². The van der Waals surface area contributed by atoms with Gasteiger partial charge in [-0.05, 0) is 24.6 Å². The molecule has 1 atom stereocenters. The third-order valence-electron chi connectivity index (χ3n) is 4.39. The third-order valence-corrected chi connectivity index (χ3v) is 4.88. The van der Waals surface area contributed by atoms with E-state index in [1.54, 1.807) is 0 Å². The average Bonchev–Trinajstić information content (AvgIpc) is 3.12. The fourth-order valence-electron chi connectivity index (χ4n) is 3.34. The van der Waals surface area contributed by atoms with Crippen molar-refractivity contribution in [3.05, 3.63) is 38.9 Å². The number of rotatable bonds is 3. The van der Waals surface area contributed by atoms with Gasteiger partial charge in [-0.25, -0.2) is 4.98 Å². The predicted molar refractivity (Wildman–Crippen MR) is 97.3 cm³/mol.